The molecular formula is C7H9F3O4S. The van der Waals surface area contributed by atoms with Gasteiger partial charge in [-0.25, -0.2) is 8.42 Å². The van der Waals surface area contributed by atoms with Gasteiger partial charge >= 0.3 is 12.1 Å². The molecule has 0 saturated carbocycles. The largest absolute Gasteiger partial charge is 0.481 e. The van der Waals surface area contributed by atoms with E-state index in [1.54, 1.807) is 0 Å². The summed E-state index contributed by atoms with van der Waals surface area (Å²) in [5, 5.41) is 8.69. The highest BCUT2D eigenvalue weighted by atomic mass is 32.2. The summed E-state index contributed by atoms with van der Waals surface area (Å²) in [6, 6.07) is 0. The Balaban J connectivity index is 2.98. The lowest BCUT2D eigenvalue weighted by molar-refractivity contribution is -0.175. The normalized spacial score (nSPS) is 30.3. The van der Waals surface area contributed by atoms with Crippen molar-refractivity contribution >= 4 is 15.8 Å². The molecule has 0 radical (unpaired) electrons. The molecule has 1 aliphatic heterocycles. The molecule has 1 saturated heterocycles. The summed E-state index contributed by atoms with van der Waals surface area (Å²) in [6.07, 6.45) is -6.73. The number of halogens is 3. The number of sulfone groups is 1. The second-order valence-corrected chi connectivity index (χ2v) is 5.90. The quantitative estimate of drug-likeness (QED) is 0.783. The van der Waals surface area contributed by atoms with Crippen LogP contribution in [-0.4, -0.2) is 37.2 Å². The van der Waals surface area contributed by atoms with Crippen LogP contribution in [0.1, 0.15) is 12.8 Å². The summed E-state index contributed by atoms with van der Waals surface area (Å²) in [5.41, 5.74) is -2.18. The van der Waals surface area contributed by atoms with Crippen molar-refractivity contribution in [1.82, 2.24) is 0 Å². The fraction of sp³-hybridized carbons (Fsp3) is 0.857. The minimum absolute atomic E-state index is 0.468. The summed E-state index contributed by atoms with van der Waals surface area (Å²) >= 11 is 0. The lowest BCUT2D eigenvalue weighted by Gasteiger charge is -2.23. The van der Waals surface area contributed by atoms with Crippen molar-refractivity contribution in [3.63, 3.8) is 0 Å². The number of hydrogen-bond acceptors (Lipinski definition) is 3. The van der Waals surface area contributed by atoms with Crippen molar-refractivity contribution in [2.45, 2.75) is 19.0 Å². The van der Waals surface area contributed by atoms with Crippen molar-refractivity contribution in [3.05, 3.63) is 0 Å². The average Bonchev–Trinajstić information content (AvgIpc) is 2.23. The Kier molecular flexibility index (Phi) is 2.75. The molecule has 1 rings (SSSR count). The topological polar surface area (TPSA) is 71.4 Å². The third-order valence-corrected chi connectivity index (χ3v) is 4.20. The molecule has 88 valence electrons. The SMILES string of the molecule is O=C(O)C1(CC(F)(F)F)CCS(=O)(=O)C1. The zero-order chi connectivity index (χ0) is 11.9. The van der Waals surface area contributed by atoms with Crippen molar-refractivity contribution in [2.24, 2.45) is 5.41 Å². The summed E-state index contributed by atoms with van der Waals surface area (Å²) in [7, 11) is -3.65. The number of aliphatic carboxylic acids is 1. The van der Waals surface area contributed by atoms with Gasteiger partial charge in [-0.15, -0.1) is 0 Å². The summed E-state index contributed by atoms with van der Waals surface area (Å²) < 4.78 is 58.3. The minimum Gasteiger partial charge on any atom is -0.481 e. The van der Waals surface area contributed by atoms with Gasteiger partial charge in [0.25, 0.3) is 0 Å². The summed E-state index contributed by atoms with van der Waals surface area (Å²) in [5.74, 6) is -3.11. The zero-order valence-corrected chi connectivity index (χ0v) is 8.36. The predicted octanol–water partition coefficient (Wildman–Crippen LogP) is 0.828. The molecule has 0 aromatic heterocycles. The first-order chi connectivity index (χ1) is 6.56. The summed E-state index contributed by atoms with van der Waals surface area (Å²) in [6.45, 7) is 0. The molecule has 0 amide bonds. The van der Waals surface area contributed by atoms with Gasteiger partial charge in [-0.3, -0.25) is 4.79 Å². The van der Waals surface area contributed by atoms with Crippen LogP contribution < -0.4 is 0 Å². The molecule has 0 aromatic carbocycles. The third-order valence-electron chi connectivity index (χ3n) is 2.38. The minimum atomic E-state index is -4.67. The molecule has 1 fully saturated rings. The molecule has 0 spiro atoms. The molecule has 0 aromatic rings. The second-order valence-electron chi connectivity index (χ2n) is 3.72. The standard InChI is InChI=1S/C7H9F3O4S/c8-7(9,10)3-6(5(11)12)1-2-15(13,14)4-6/h1-4H2,(H,11,12). The van der Waals surface area contributed by atoms with Gasteiger partial charge in [-0.2, -0.15) is 13.2 Å². The number of carboxylic acids is 1. The highest BCUT2D eigenvalue weighted by Gasteiger charge is 2.54. The van der Waals surface area contributed by atoms with Crippen LogP contribution in [0.25, 0.3) is 0 Å². The Morgan fingerprint density at radius 1 is 1.40 bits per heavy atom. The van der Waals surface area contributed by atoms with Gasteiger partial charge in [0.15, 0.2) is 9.84 Å². The van der Waals surface area contributed by atoms with Gasteiger partial charge in [0.1, 0.15) is 0 Å². The van der Waals surface area contributed by atoms with Crippen LogP contribution in [0.5, 0.6) is 0 Å². The van der Waals surface area contributed by atoms with E-state index in [2.05, 4.69) is 0 Å². The number of carbonyl (C=O) groups is 1. The molecule has 15 heavy (non-hydrogen) atoms. The van der Waals surface area contributed by atoms with E-state index in [-0.39, 0.29) is 0 Å². The molecule has 1 N–H and O–H groups in total. The molecule has 4 nitrogen and oxygen atoms in total. The van der Waals surface area contributed by atoms with Gasteiger partial charge in [0.05, 0.1) is 23.3 Å². The lowest BCUT2D eigenvalue weighted by atomic mass is 9.84. The van der Waals surface area contributed by atoms with E-state index >= 15 is 0 Å². The lowest BCUT2D eigenvalue weighted by Crippen LogP contribution is -2.37. The fourth-order valence-corrected chi connectivity index (χ4v) is 3.74. The highest BCUT2D eigenvalue weighted by Crippen LogP contribution is 2.42. The van der Waals surface area contributed by atoms with Gasteiger partial charge in [-0.1, -0.05) is 0 Å². The molecule has 1 unspecified atom stereocenters. The van der Waals surface area contributed by atoms with E-state index in [9.17, 15) is 26.4 Å². The van der Waals surface area contributed by atoms with Crippen LogP contribution in [0.2, 0.25) is 0 Å². The molecule has 8 heteroatoms. The van der Waals surface area contributed by atoms with Crippen molar-refractivity contribution in [2.75, 3.05) is 11.5 Å². The molecule has 1 heterocycles. The van der Waals surface area contributed by atoms with E-state index < -0.39 is 51.7 Å². The number of alkyl halides is 3. The van der Waals surface area contributed by atoms with Crippen LogP contribution in [-0.2, 0) is 14.6 Å². The Hall–Kier alpha value is -0.790. The smallest absolute Gasteiger partial charge is 0.390 e. The van der Waals surface area contributed by atoms with Gasteiger partial charge < -0.3 is 5.11 Å². The zero-order valence-electron chi connectivity index (χ0n) is 7.54. The first kappa shape index (κ1) is 12.3. The van der Waals surface area contributed by atoms with Crippen LogP contribution in [0, 0.1) is 5.41 Å². The highest BCUT2D eigenvalue weighted by molar-refractivity contribution is 7.91. The first-order valence-electron chi connectivity index (χ1n) is 4.07. The Bertz CT molecular complexity index is 372. The van der Waals surface area contributed by atoms with E-state index in [0.29, 0.717) is 0 Å². The molecule has 0 bridgehead atoms. The maximum absolute atomic E-state index is 12.1. The fourth-order valence-electron chi connectivity index (χ4n) is 1.68. The maximum Gasteiger partial charge on any atom is 0.390 e. The molecule has 1 atom stereocenters. The number of hydrogen-bond donors (Lipinski definition) is 1. The van der Waals surface area contributed by atoms with Crippen molar-refractivity contribution in [1.29, 1.82) is 0 Å². The van der Waals surface area contributed by atoms with E-state index in [0.717, 1.165) is 0 Å². The molecule has 0 aliphatic carbocycles. The summed E-state index contributed by atoms with van der Waals surface area (Å²) in [4.78, 5) is 10.7. The average molecular weight is 246 g/mol. The van der Waals surface area contributed by atoms with E-state index in [4.69, 9.17) is 5.11 Å². The Morgan fingerprint density at radius 3 is 2.20 bits per heavy atom. The van der Waals surface area contributed by atoms with Gasteiger partial charge in [-0.05, 0) is 6.42 Å². The van der Waals surface area contributed by atoms with Crippen LogP contribution in [0.3, 0.4) is 0 Å². The monoisotopic (exact) mass is 246 g/mol. The van der Waals surface area contributed by atoms with E-state index in [1.807, 2.05) is 0 Å². The molecule has 1 aliphatic rings. The second kappa shape index (κ2) is 3.36. The van der Waals surface area contributed by atoms with Crippen LogP contribution >= 0.6 is 0 Å². The number of rotatable bonds is 2. The maximum atomic E-state index is 12.1. The third kappa shape index (κ3) is 2.83. The first-order valence-corrected chi connectivity index (χ1v) is 5.89. The van der Waals surface area contributed by atoms with Crippen molar-refractivity contribution in [3.8, 4) is 0 Å². The predicted molar refractivity (Wildman–Crippen MR) is 44.0 cm³/mol. The van der Waals surface area contributed by atoms with Crippen LogP contribution in [0.15, 0.2) is 0 Å². The van der Waals surface area contributed by atoms with Crippen LogP contribution in [0.4, 0.5) is 13.2 Å². The number of carboxylic acid groups (broad SMARTS) is 1. The Morgan fingerprint density at radius 2 is 1.93 bits per heavy atom. The Labute approximate surface area is 84.0 Å². The van der Waals surface area contributed by atoms with Gasteiger partial charge in [0, 0.05) is 0 Å². The van der Waals surface area contributed by atoms with E-state index in [1.165, 1.54) is 0 Å². The molecular weight excluding hydrogens is 237 g/mol. The van der Waals surface area contributed by atoms with Gasteiger partial charge in [0.2, 0.25) is 0 Å². The van der Waals surface area contributed by atoms with Crippen molar-refractivity contribution < 1.29 is 31.5 Å².